The van der Waals surface area contributed by atoms with Crippen LogP contribution in [0, 0.1) is 5.92 Å². The molecule has 0 aromatic heterocycles. The zero-order chi connectivity index (χ0) is 12.5. The molecule has 0 saturated heterocycles. The molecule has 2 N–H and O–H groups in total. The van der Waals surface area contributed by atoms with Gasteiger partial charge < -0.3 is 15.2 Å². The molecule has 17 heavy (non-hydrogen) atoms. The van der Waals surface area contributed by atoms with Crippen molar-refractivity contribution < 1.29 is 9.84 Å². The maximum Gasteiger partial charge on any atom is 0.0897 e. The number of aliphatic hydroxyl groups excluding tert-OH is 1. The Bertz CT molecular complexity index is 187. The molecule has 3 heteroatoms. The number of hydrogen-bond donors (Lipinski definition) is 2. The SMILES string of the molecule is CCCC1CCCC(NCC(O)COC)CC1. The van der Waals surface area contributed by atoms with Crippen LogP contribution in [0.1, 0.15) is 51.9 Å². The van der Waals surface area contributed by atoms with E-state index in [2.05, 4.69) is 12.2 Å². The van der Waals surface area contributed by atoms with Crippen LogP contribution in [-0.4, -0.2) is 37.5 Å². The molecule has 1 aliphatic rings. The average molecular weight is 243 g/mol. The Morgan fingerprint density at radius 1 is 1.29 bits per heavy atom. The van der Waals surface area contributed by atoms with Crippen LogP contribution in [0.2, 0.25) is 0 Å². The van der Waals surface area contributed by atoms with Gasteiger partial charge in [0.2, 0.25) is 0 Å². The van der Waals surface area contributed by atoms with E-state index in [9.17, 15) is 5.11 Å². The number of hydrogen-bond acceptors (Lipinski definition) is 3. The first-order chi connectivity index (χ1) is 8.26. The van der Waals surface area contributed by atoms with Crippen LogP contribution in [0.3, 0.4) is 0 Å². The molecule has 0 heterocycles. The largest absolute Gasteiger partial charge is 0.389 e. The molecule has 3 unspecified atom stereocenters. The summed E-state index contributed by atoms with van der Waals surface area (Å²) in [5.41, 5.74) is 0. The molecule has 0 amide bonds. The third-order valence-electron chi connectivity index (χ3n) is 3.79. The van der Waals surface area contributed by atoms with E-state index >= 15 is 0 Å². The smallest absolute Gasteiger partial charge is 0.0897 e. The molecule has 0 bridgehead atoms. The van der Waals surface area contributed by atoms with Crippen molar-refractivity contribution in [3.05, 3.63) is 0 Å². The second-order valence-corrected chi connectivity index (χ2v) is 5.38. The van der Waals surface area contributed by atoms with Gasteiger partial charge in [0.15, 0.2) is 0 Å². The van der Waals surface area contributed by atoms with Gasteiger partial charge in [-0.15, -0.1) is 0 Å². The van der Waals surface area contributed by atoms with Gasteiger partial charge in [0.25, 0.3) is 0 Å². The van der Waals surface area contributed by atoms with Crippen LogP contribution >= 0.6 is 0 Å². The molecule has 3 atom stereocenters. The predicted octanol–water partition coefficient (Wildman–Crippen LogP) is 2.33. The first-order valence-electron chi connectivity index (χ1n) is 7.16. The Morgan fingerprint density at radius 2 is 2.12 bits per heavy atom. The minimum atomic E-state index is -0.366. The van der Waals surface area contributed by atoms with Crippen molar-refractivity contribution in [3.8, 4) is 0 Å². The quantitative estimate of drug-likeness (QED) is 0.674. The summed E-state index contributed by atoms with van der Waals surface area (Å²) in [6.45, 7) is 3.37. The molecule has 1 fully saturated rings. The van der Waals surface area contributed by atoms with Crippen molar-refractivity contribution in [1.29, 1.82) is 0 Å². The zero-order valence-electron chi connectivity index (χ0n) is 11.5. The molecular formula is C14H29NO2. The summed E-state index contributed by atoms with van der Waals surface area (Å²) in [6.07, 6.45) is 8.95. The van der Waals surface area contributed by atoms with Crippen LogP contribution in [0.15, 0.2) is 0 Å². The molecule has 0 aliphatic heterocycles. The number of nitrogens with one attached hydrogen (secondary N) is 1. The fourth-order valence-corrected chi connectivity index (χ4v) is 2.83. The van der Waals surface area contributed by atoms with E-state index in [1.165, 1.54) is 44.9 Å². The number of aliphatic hydroxyl groups is 1. The Balaban J connectivity index is 2.17. The molecule has 1 saturated carbocycles. The molecule has 1 aliphatic carbocycles. The highest BCUT2D eigenvalue weighted by Crippen LogP contribution is 2.26. The van der Waals surface area contributed by atoms with Gasteiger partial charge in [-0.2, -0.15) is 0 Å². The molecule has 1 rings (SSSR count). The molecular weight excluding hydrogens is 214 g/mol. The second-order valence-electron chi connectivity index (χ2n) is 5.38. The standard InChI is InChI=1S/C14H29NO2/c1-3-5-12-6-4-7-13(9-8-12)15-10-14(16)11-17-2/h12-16H,3-11H2,1-2H3. The molecule has 0 aromatic carbocycles. The predicted molar refractivity (Wildman–Crippen MR) is 71.2 cm³/mol. The van der Waals surface area contributed by atoms with Crippen LogP contribution in [0.4, 0.5) is 0 Å². The van der Waals surface area contributed by atoms with Crippen molar-refractivity contribution in [2.24, 2.45) is 5.92 Å². The summed E-state index contributed by atoms with van der Waals surface area (Å²) in [6, 6.07) is 0.600. The highest BCUT2D eigenvalue weighted by atomic mass is 16.5. The van der Waals surface area contributed by atoms with Gasteiger partial charge in [-0.05, 0) is 25.2 Å². The maximum atomic E-state index is 9.60. The van der Waals surface area contributed by atoms with Gasteiger partial charge in [0.05, 0.1) is 12.7 Å². The minimum Gasteiger partial charge on any atom is -0.389 e. The maximum absolute atomic E-state index is 9.60. The van der Waals surface area contributed by atoms with Gasteiger partial charge in [0.1, 0.15) is 0 Å². The van der Waals surface area contributed by atoms with Crippen LogP contribution in [-0.2, 0) is 4.74 Å². The summed E-state index contributed by atoms with van der Waals surface area (Å²) < 4.78 is 4.93. The lowest BCUT2D eigenvalue weighted by Gasteiger charge is -2.19. The monoisotopic (exact) mass is 243 g/mol. The van der Waals surface area contributed by atoms with Gasteiger partial charge in [-0.1, -0.05) is 32.6 Å². The zero-order valence-corrected chi connectivity index (χ0v) is 11.5. The lowest BCUT2D eigenvalue weighted by atomic mass is 9.95. The number of methoxy groups -OCH3 is 1. The Morgan fingerprint density at radius 3 is 2.82 bits per heavy atom. The third-order valence-corrected chi connectivity index (χ3v) is 3.79. The lowest BCUT2D eigenvalue weighted by molar-refractivity contribution is 0.0623. The van der Waals surface area contributed by atoms with Crippen molar-refractivity contribution in [2.45, 2.75) is 64.0 Å². The van der Waals surface area contributed by atoms with Crippen LogP contribution in [0.25, 0.3) is 0 Å². The molecule has 0 spiro atoms. The summed E-state index contributed by atoms with van der Waals surface area (Å²) in [5, 5.41) is 13.1. The number of ether oxygens (including phenoxy) is 1. The van der Waals surface area contributed by atoms with Crippen molar-refractivity contribution >= 4 is 0 Å². The van der Waals surface area contributed by atoms with Crippen molar-refractivity contribution in [3.63, 3.8) is 0 Å². The fraction of sp³-hybridized carbons (Fsp3) is 1.00. The van der Waals surface area contributed by atoms with E-state index in [-0.39, 0.29) is 6.10 Å². The van der Waals surface area contributed by atoms with Crippen molar-refractivity contribution in [2.75, 3.05) is 20.3 Å². The lowest BCUT2D eigenvalue weighted by Crippen LogP contribution is -2.37. The molecule has 0 radical (unpaired) electrons. The van der Waals surface area contributed by atoms with E-state index in [1.54, 1.807) is 7.11 Å². The Labute approximate surface area is 106 Å². The fourth-order valence-electron chi connectivity index (χ4n) is 2.83. The van der Waals surface area contributed by atoms with E-state index in [0.29, 0.717) is 19.2 Å². The molecule has 0 aromatic rings. The first kappa shape index (κ1) is 14.9. The summed E-state index contributed by atoms with van der Waals surface area (Å²) in [5.74, 6) is 0.940. The average Bonchev–Trinajstić information content (AvgIpc) is 2.53. The van der Waals surface area contributed by atoms with Gasteiger partial charge >= 0.3 is 0 Å². The minimum absolute atomic E-state index is 0.366. The van der Waals surface area contributed by atoms with E-state index < -0.39 is 0 Å². The van der Waals surface area contributed by atoms with Crippen molar-refractivity contribution in [1.82, 2.24) is 5.32 Å². The van der Waals surface area contributed by atoms with Crippen LogP contribution in [0.5, 0.6) is 0 Å². The topological polar surface area (TPSA) is 41.5 Å². The Hall–Kier alpha value is -0.120. The Kier molecular flexibility index (Phi) is 7.82. The van der Waals surface area contributed by atoms with E-state index in [4.69, 9.17) is 4.74 Å². The van der Waals surface area contributed by atoms with Gasteiger partial charge in [-0.3, -0.25) is 0 Å². The first-order valence-corrected chi connectivity index (χ1v) is 7.16. The van der Waals surface area contributed by atoms with Gasteiger partial charge in [-0.25, -0.2) is 0 Å². The third kappa shape index (κ3) is 6.39. The van der Waals surface area contributed by atoms with Gasteiger partial charge in [0, 0.05) is 19.7 Å². The van der Waals surface area contributed by atoms with E-state index in [0.717, 1.165) is 5.92 Å². The summed E-state index contributed by atoms with van der Waals surface area (Å²) in [7, 11) is 1.63. The normalized spacial score (nSPS) is 27.7. The highest BCUT2D eigenvalue weighted by molar-refractivity contribution is 4.76. The second kappa shape index (κ2) is 8.90. The summed E-state index contributed by atoms with van der Waals surface area (Å²) in [4.78, 5) is 0. The number of rotatable bonds is 7. The highest BCUT2D eigenvalue weighted by Gasteiger charge is 2.18. The van der Waals surface area contributed by atoms with Crippen LogP contribution < -0.4 is 5.32 Å². The summed E-state index contributed by atoms with van der Waals surface area (Å²) >= 11 is 0. The molecule has 3 nitrogen and oxygen atoms in total. The molecule has 102 valence electrons. The van der Waals surface area contributed by atoms with E-state index in [1.807, 2.05) is 0 Å².